The van der Waals surface area contributed by atoms with Gasteiger partial charge in [-0.1, -0.05) is 24.3 Å². The van der Waals surface area contributed by atoms with Gasteiger partial charge in [-0.05, 0) is 42.7 Å². The number of sulfone groups is 1. The Morgan fingerprint density at radius 3 is 2.24 bits per heavy atom. The second-order valence-electron chi connectivity index (χ2n) is 7.62. The van der Waals surface area contributed by atoms with E-state index in [9.17, 15) is 31.1 Å². The van der Waals surface area contributed by atoms with Crippen molar-refractivity contribution in [2.24, 2.45) is 0 Å². The van der Waals surface area contributed by atoms with E-state index in [2.05, 4.69) is 15.3 Å². The number of aromatic hydroxyl groups is 1. The molecule has 0 fully saturated rings. The summed E-state index contributed by atoms with van der Waals surface area (Å²) in [7, 11) is -3.44. The number of aromatic amines is 1. The summed E-state index contributed by atoms with van der Waals surface area (Å²) in [4.78, 5) is 0.0798. The fourth-order valence-corrected chi connectivity index (χ4v) is 4.05. The maximum absolute atomic E-state index is 13.2. The summed E-state index contributed by atoms with van der Waals surface area (Å²) < 4.78 is 76.6. The highest BCUT2D eigenvalue weighted by atomic mass is 32.2. The number of H-pyrrole nitrogens is 1. The van der Waals surface area contributed by atoms with E-state index in [1.807, 2.05) is 0 Å². The van der Waals surface area contributed by atoms with Crippen LogP contribution >= 0.6 is 0 Å². The molecule has 0 bridgehead atoms. The Balaban J connectivity index is 1.77. The normalized spacial score (nSPS) is 12.3. The average molecular weight is 494 g/mol. The molecule has 0 spiro atoms. The number of aromatic nitrogens is 4. The molecule has 34 heavy (non-hydrogen) atoms. The molecule has 178 valence electrons. The number of aryl methyl sites for hydroxylation is 1. The van der Waals surface area contributed by atoms with Crippen molar-refractivity contribution in [2.75, 3.05) is 6.26 Å². The largest absolute Gasteiger partial charge is 0.493 e. The van der Waals surface area contributed by atoms with Crippen LogP contribution < -0.4 is 0 Å². The fourth-order valence-electron chi connectivity index (χ4n) is 3.42. The van der Waals surface area contributed by atoms with Gasteiger partial charge in [0.25, 0.3) is 0 Å². The number of hydrogen-bond donors (Lipinski definition) is 2. The quantitative estimate of drug-likeness (QED) is 0.389. The Kier molecular flexibility index (Phi) is 5.94. The predicted octanol–water partition coefficient (Wildman–Crippen LogP) is 4.31. The highest BCUT2D eigenvalue weighted by molar-refractivity contribution is 7.90. The van der Waals surface area contributed by atoms with Crippen LogP contribution in [0.25, 0.3) is 17.1 Å². The second kappa shape index (κ2) is 8.60. The summed E-state index contributed by atoms with van der Waals surface area (Å²) in [6.07, 6.45) is -3.02. The van der Waals surface area contributed by atoms with Gasteiger partial charge < -0.3 is 5.11 Å². The lowest BCUT2D eigenvalue weighted by Gasteiger charge is -2.05. The zero-order valence-corrected chi connectivity index (χ0v) is 18.5. The molecule has 0 amide bonds. The number of nitrogens with zero attached hydrogens (tertiary/aromatic N) is 3. The number of rotatable bonds is 6. The second-order valence-corrected chi connectivity index (χ2v) is 9.64. The van der Waals surface area contributed by atoms with E-state index in [-0.39, 0.29) is 22.8 Å². The first kappa shape index (κ1) is 23.5. The van der Waals surface area contributed by atoms with Crippen LogP contribution in [0.15, 0.2) is 59.5 Å². The molecule has 2 aromatic carbocycles. The first-order chi connectivity index (χ1) is 15.9. The minimum absolute atomic E-state index is 0.0798. The zero-order chi connectivity index (χ0) is 24.7. The highest BCUT2D eigenvalue weighted by Gasteiger charge is 2.34. The van der Waals surface area contributed by atoms with Gasteiger partial charge in [0.1, 0.15) is 5.82 Å². The van der Waals surface area contributed by atoms with Crippen molar-refractivity contribution in [1.82, 2.24) is 20.0 Å². The SMILES string of the molecule is CS(=O)(=O)c1ccc(-c2nn(-c3cc(C(F)(F)F)n[nH]3)c(O)c2CCc2ccc(F)cc2)cc1. The summed E-state index contributed by atoms with van der Waals surface area (Å²) in [6, 6.07) is 12.2. The Morgan fingerprint density at radius 1 is 1.03 bits per heavy atom. The number of nitrogens with one attached hydrogen (secondary N) is 1. The Bertz CT molecular complexity index is 1420. The van der Waals surface area contributed by atoms with E-state index in [1.54, 1.807) is 12.1 Å². The lowest BCUT2D eigenvalue weighted by atomic mass is 10.0. The molecular formula is C22H18F4N4O3S. The summed E-state index contributed by atoms with van der Waals surface area (Å²) in [5.74, 6) is -1.00. The fraction of sp³-hybridized carbons (Fsp3) is 0.182. The van der Waals surface area contributed by atoms with Crippen LogP contribution in [0.4, 0.5) is 17.6 Å². The van der Waals surface area contributed by atoms with Crippen molar-refractivity contribution in [2.45, 2.75) is 23.9 Å². The summed E-state index contributed by atoms with van der Waals surface area (Å²) in [5.41, 5.74) is 0.616. The van der Waals surface area contributed by atoms with Crippen molar-refractivity contribution in [3.8, 4) is 23.0 Å². The summed E-state index contributed by atoms with van der Waals surface area (Å²) in [5, 5.41) is 20.6. The lowest BCUT2D eigenvalue weighted by molar-refractivity contribution is -0.141. The molecule has 0 radical (unpaired) electrons. The minimum Gasteiger partial charge on any atom is -0.493 e. The number of benzene rings is 2. The van der Waals surface area contributed by atoms with Crippen LogP contribution in [0.5, 0.6) is 5.88 Å². The van der Waals surface area contributed by atoms with Crippen molar-refractivity contribution in [3.05, 3.63) is 77.2 Å². The van der Waals surface area contributed by atoms with Gasteiger partial charge in [-0.25, -0.2) is 12.8 Å². The van der Waals surface area contributed by atoms with Crippen molar-refractivity contribution in [1.29, 1.82) is 0 Å². The van der Waals surface area contributed by atoms with Crippen LogP contribution in [0, 0.1) is 5.82 Å². The van der Waals surface area contributed by atoms with E-state index in [0.29, 0.717) is 23.6 Å². The molecule has 0 aliphatic carbocycles. The highest BCUT2D eigenvalue weighted by Crippen LogP contribution is 2.35. The Morgan fingerprint density at radius 2 is 1.68 bits per heavy atom. The van der Waals surface area contributed by atoms with Crippen molar-refractivity contribution in [3.63, 3.8) is 0 Å². The molecule has 0 unspecified atom stereocenters. The van der Waals surface area contributed by atoms with Crippen LogP contribution in [0.1, 0.15) is 16.8 Å². The standard InChI is InChI=1S/C22H18F4N4O3S/c1-34(32,33)16-9-5-14(6-10-16)20-17(11-4-13-2-7-15(23)8-3-13)21(31)30(29-20)19-12-18(27-28-19)22(24,25)26/h2-3,5-10,12,31H,4,11H2,1H3,(H,27,28). The number of halogens is 4. The maximum Gasteiger partial charge on any atom is 0.435 e. The first-order valence-corrected chi connectivity index (χ1v) is 11.8. The van der Waals surface area contributed by atoms with Gasteiger partial charge in [0.05, 0.1) is 10.6 Å². The van der Waals surface area contributed by atoms with Gasteiger partial charge in [0.15, 0.2) is 21.3 Å². The van der Waals surface area contributed by atoms with Crippen LogP contribution in [-0.2, 0) is 28.9 Å². The van der Waals surface area contributed by atoms with Gasteiger partial charge in [0, 0.05) is 23.4 Å². The molecule has 4 aromatic rings. The van der Waals surface area contributed by atoms with Gasteiger partial charge in [-0.3, -0.25) is 5.10 Å². The van der Waals surface area contributed by atoms with E-state index >= 15 is 0 Å². The third kappa shape index (κ3) is 4.81. The van der Waals surface area contributed by atoms with E-state index < -0.39 is 33.4 Å². The molecule has 0 saturated heterocycles. The average Bonchev–Trinajstić information content (AvgIpc) is 3.38. The molecule has 0 aliphatic rings. The minimum atomic E-state index is -4.69. The zero-order valence-electron chi connectivity index (χ0n) is 17.6. The molecule has 0 atom stereocenters. The third-order valence-corrected chi connectivity index (χ3v) is 6.30. The molecule has 0 aliphatic heterocycles. The van der Waals surface area contributed by atoms with Crippen molar-refractivity contribution < 1.29 is 31.1 Å². The summed E-state index contributed by atoms with van der Waals surface area (Å²) in [6.45, 7) is 0. The molecule has 7 nitrogen and oxygen atoms in total. The lowest BCUT2D eigenvalue weighted by Crippen LogP contribution is -2.04. The van der Waals surface area contributed by atoms with E-state index in [0.717, 1.165) is 16.5 Å². The molecule has 2 aromatic heterocycles. The monoisotopic (exact) mass is 494 g/mol. The van der Waals surface area contributed by atoms with Gasteiger partial charge in [-0.15, -0.1) is 0 Å². The summed E-state index contributed by atoms with van der Waals surface area (Å²) >= 11 is 0. The van der Waals surface area contributed by atoms with E-state index in [1.165, 1.54) is 36.4 Å². The van der Waals surface area contributed by atoms with Crippen molar-refractivity contribution >= 4 is 9.84 Å². The third-order valence-electron chi connectivity index (χ3n) is 5.17. The number of hydrogen-bond acceptors (Lipinski definition) is 5. The molecule has 4 rings (SSSR count). The van der Waals surface area contributed by atoms with Gasteiger partial charge >= 0.3 is 6.18 Å². The first-order valence-electron chi connectivity index (χ1n) is 9.92. The number of alkyl halides is 3. The van der Waals surface area contributed by atoms with E-state index in [4.69, 9.17) is 0 Å². The topological polar surface area (TPSA) is 101 Å². The molecule has 2 N–H and O–H groups in total. The Labute approximate surface area is 191 Å². The van der Waals surface area contributed by atoms with Gasteiger partial charge in [-0.2, -0.15) is 28.1 Å². The smallest absolute Gasteiger partial charge is 0.435 e. The van der Waals surface area contributed by atoms with Gasteiger partial charge in [0.2, 0.25) is 5.88 Å². The molecular weight excluding hydrogens is 476 g/mol. The van der Waals surface area contributed by atoms with Crippen LogP contribution in [0.2, 0.25) is 0 Å². The van der Waals surface area contributed by atoms with Crippen LogP contribution in [-0.4, -0.2) is 39.8 Å². The van der Waals surface area contributed by atoms with Crippen LogP contribution in [0.3, 0.4) is 0 Å². The predicted molar refractivity (Wildman–Crippen MR) is 115 cm³/mol. The Hall–Kier alpha value is -3.67. The molecule has 0 saturated carbocycles. The molecule has 2 heterocycles. The molecule has 12 heteroatoms. The maximum atomic E-state index is 13.2.